The number of hydrogen-bond acceptors (Lipinski definition) is 3. The summed E-state index contributed by atoms with van der Waals surface area (Å²) < 4.78 is 26.3. The molecule has 100 valence electrons. The van der Waals surface area contributed by atoms with Gasteiger partial charge in [0.15, 0.2) is 0 Å². The van der Waals surface area contributed by atoms with Crippen molar-refractivity contribution in [3.05, 3.63) is 29.3 Å². The number of hydrogen-bond donors (Lipinski definition) is 1. The Kier molecular flexibility index (Phi) is 3.96. The Balaban J connectivity index is 2.27. The third kappa shape index (κ3) is 2.69. The van der Waals surface area contributed by atoms with Crippen molar-refractivity contribution in [2.24, 2.45) is 11.7 Å². The zero-order chi connectivity index (χ0) is 13.3. The number of rotatable bonds is 2. The van der Waals surface area contributed by atoms with Crippen LogP contribution in [-0.4, -0.2) is 31.9 Å². The summed E-state index contributed by atoms with van der Waals surface area (Å²) in [5, 5.41) is 0.422. The van der Waals surface area contributed by atoms with Crippen LogP contribution in [0, 0.1) is 5.92 Å². The van der Waals surface area contributed by atoms with Crippen molar-refractivity contribution in [2.45, 2.75) is 24.3 Å². The zero-order valence-corrected chi connectivity index (χ0v) is 11.8. The van der Waals surface area contributed by atoms with E-state index in [2.05, 4.69) is 0 Å². The molecule has 1 aromatic rings. The lowest BCUT2D eigenvalue weighted by Crippen LogP contribution is -2.49. The second-order valence-electron chi connectivity index (χ2n) is 4.75. The van der Waals surface area contributed by atoms with Gasteiger partial charge in [0.25, 0.3) is 0 Å². The van der Waals surface area contributed by atoms with E-state index in [4.69, 9.17) is 17.3 Å². The average molecular weight is 289 g/mol. The van der Waals surface area contributed by atoms with Crippen molar-refractivity contribution in [3.8, 4) is 0 Å². The second kappa shape index (κ2) is 5.17. The molecular formula is C12H17ClN2O2S. The maximum Gasteiger partial charge on any atom is 0.243 e. The molecule has 2 unspecified atom stereocenters. The van der Waals surface area contributed by atoms with Crippen LogP contribution in [0.4, 0.5) is 0 Å². The van der Waals surface area contributed by atoms with Crippen LogP contribution in [0.25, 0.3) is 0 Å². The first-order valence-corrected chi connectivity index (χ1v) is 7.74. The lowest BCUT2D eigenvalue weighted by atomic mass is 9.96. The van der Waals surface area contributed by atoms with Gasteiger partial charge in [-0.05, 0) is 30.5 Å². The van der Waals surface area contributed by atoms with Gasteiger partial charge in [-0.15, -0.1) is 0 Å². The molecule has 0 bridgehead atoms. The van der Waals surface area contributed by atoms with Crippen molar-refractivity contribution < 1.29 is 8.42 Å². The lowest BCUT2D eigenvalue weighted by molar-refractivity contribution is 0.253. The normalized spacial score (nSPS) is 26.2. The highest BCUT2D eigenvalue weighted by Gasteiger charge is 2.31. The SMILES string of the molecule is CC1CCN(S(=O)(=O)c2cccc(Cl)c2)CC1N. The van der Waals surface area contributed by atoms with Crippen LogP contribution in [0.3, 0.4) is 0 Å². The number of nitrogens with zero attached hydrogens (tertiary/aromatic N) is 1. The molecule has 1 fully saturated rings. The standard InChI is InChI=1S/C12H17ClN2O2S/c1-9-5-6-15(8-12(9)14)18(16,17)11-4-2-3-10(13)7-11/h2-4,7,9,12H,5-6,8,14H2,1H3. The van der Waals surface area contributed by atoms with Crippen molar-refractivity contribution in [2.75, 3.05) is 13.1 Å². The van der Waals surface area contributed by atoms with Crippen LogP contribution >= 0.6 is 11.6 Å². The number of sulfonamides is 1. The van der Waals surface area contributed by atoms with Crippen molar-refractivity contribution in [1.29, 1.82) is 0 Å². The van der Waals surface area contributed by atoms with Gasteiger partial charge in [-0.1, -0.05) is 24.6 Å². The fourth-order valence-electron chi connectivity index (χ4n) is 2.06. The predicted molar refractivity (Wildman–Crippen MR) is 72.0 cm³/mol. The van der Waals surface area contributed by atoms with E-state index < -0.39 is 10.0 Å². The van der Waals surface area contributed by atoms with Crippen LogP contribution in [0.1, 0.15) is 13.3 Å². The fraction of sp³-hybridized carbons (Fsp3) is 0.500. The Hall–Kier alpha value is -0.620. The van der Waals surface area contributed by atoms with E-state index in [1.807, 2.05) is 6.92 Å². The molecule has 0 aromatic heterocycles. The number of halogens is 1. The maximum absolute atomic E-state index is 12.4. The quantitative estimate of drug-likeness (QED) is 0.901. The summed E-state index contributed by atoms with van der Waals surface area (Å²) in [7, 11) is -3.47. The molecule has 0 saturated carbocycles. The molecule has 0 amide bonds. The van der Waals surface area contributed by atoms with Gasteiger partial charge in [0.2, 0.25) is 10.0 Å². The summed E-state index contributed by atoms with van der Waals surface area (Å²) in [5.74, 6) is 0.357. The molecule has 1 aromatic carbocycles. The number of piperidine rings is 1. The van der Waals surface area contributed by atoms with Gasteiger partial charge < -0.3 is 5.73 Å². The number of nitrogens with two attached hydrogens (primary N) is 1. The van der Waals surface area contributed by atoms with E-state index in [9.17, 15) is 8.42 Å². The van der Waals surface area contributed by atoms with E-state index in [-0.39, 0.29) is 10.9 Å². The van der Waals surface area contributed by atoms with Crippen molar-refractivity contribution in [3.63, 3.8) is 0 Å². The zero-order valence-electron chi connectivity index (χ0n) is 10.2. The summed E-state index contributed by atoms with van der Waals surface area (Å²) in [6, 6.07) is 6.23. The molecule has 4 nitrogen and oxygen atoms in total. The van der Waals surface area contributed by atoms with Crippen molar-refractivity contribution >= 4 is 21.6 Å². The molecular weight excluding hydrogens is 272 g/mol. The third-order valence-electron chi connectivity index (χ3n) is 3.41. The third-order valence-corrected chi connectivity index (χ3v) is 5.51. The molecule has 1 aliphatic heterocycles. The Morgan fingerprint density at radius 1 is 1.44 bits per heavy atom. The molecule has 1 heterocycles. The minimum absolute atomic E-state index is 0.104. The topological polar surface area (TPSA) is 63.4 Å². The summed E-state index contributed by atoms with van der Waals surface area (Å²) in [4.78, 5) is 0.233. The molecule has 6 heteroatoms. The molecule has 2 rings (SSSR count). The highest BCUT2D eigenvalue weighted by molar-refractivity contribution is 7.89. The van der Waals surface area contributed by atoms with Crippen LogP contribution in [0.15, 0.2) is 29.2 Å². The summed E-state index contributed by atoms with van der Waals surface area (Å²) in [6.07, 6.45) is 0.793. The van der Waals surface area contributed by atoms with E-state index in [0.29, 0.717) is 24.0 Å². The summed E-state index contributed by atoms with van der Waals surface area (Å²) in [5.41, 5.74) is 5.94. The Morgan fingerprint density at radius 3 is 2.78 bits per heavy atom. The van der Waals surface area contributed by atoms with Crippen molar-refractivity contribution in [1.82, 2.24) is 4.31 Å². The maximum atomic E-state index is 12.4. The van der Waals surface area contributed by atoms with Gasteiger partial charge in [-0.2, -0.15) is 4.31 Å². The lowest BCUT2D eigenvalue weighted by Gasteiger charge is -2.34. The molecule has 0 radical (unpaired) electrons. The van der Waals surface area contributed by atoms with Gasteiger partial charge >= 0.3 is 0 Å². The van der Waals surface area contributed by atoms with Gasteiger partial charge in [0.05, 0.1) is 4.90 Å². The van der Waals surface area contributed by atoms with E-state index >= 15 is 0 Å². The van der Waals surface area contributed by atoms with Crippen LogP contribution in [-0.2, 0) is 10.0 Å². The second-order valence-corrected chi connectivity index (χ2v) is 7.12. The van der Waals surface area contributed by atoms with E-state index in [1.165, 1.54) is 10.4 Å². The minimum Gasteiger partial charge on any atom is -0.326 e. The van der Waals surface area contributed by atoms with Gasteiger partial charge in [-0.25, -0.2) is 8.42 Å². The predicted octanol–water partition coefficient (Wildman–Crippen LogP) is 1.70. The van der Waals surface area contributed by atoms with Gasteiger partial charge in [0, 0.05) is 24.2 Å². The van der Waals surface area contributed by atoms with E-state index in [1.54, 1.807) is 18.2 Å². The van der Waals surface area contributed by atoms with Crippen LogP contribution < -0.4 is 5.73 Å². The Labute approximate surface area is 113 Å². The van der Waals surface area contributed by atoms with Crippen LogP contribution in [0.5, 0.6) is 0 Å². The Morgan fingerprint density at radius 2 is 2.17 bits per heavy atom. The molecule has 1 aliphatic rings. The Bertz CT molecular complexity index is 533. The molecule has 1 saturated heterocycles. The number of benzene rings is 1. The highest BCUT2D eigenvalue weighted by Crippen LogP contribution is 2.24. The first-order valence-electron chi connectivity index (χ1n) is 5.92. The van der Waals surface area contributed by atoms with Gasteiger partial charge in [0.1, 0.15) is 0 Å². The van der Waals surface area contributed by atoms with Crippen LogP contribution in [0.2, 0.25) is 5.02 Å². The fourth-order valence-corrected chi connectivity index (χ4v) is 3.86. The molecule has 18 heavy (non-hydrogen) atoms. The molecule has 2 N–H and O–H groups in total. The largest absolute Gasteiger partial charge is 0.326 e. The first kappa shape index (κ1) is 13.8. The minimum atomic E-state index is -3.47. The summed E-state index contributed by atoms with van der Waals surface area (Å²) in [6.45, 7) is 2.94. The van der Waals surface area contributed by atoms with Gasteiger partial charge in [-0.3, -0.25) is 0 Å². The van der Waals surface area contributed by atoms with E-state index in [0.717, 1.165) is 6.42 Å². The highest BCUT2D eigenvalue weighted by atomic mass is 35.5. The first-order chi connectivity index (χ1) is 8.41. The average Bonchev–Trinajstić information content (AvgIpc) is 2.32. The monoisotopic (exact) mass is 288 g/mol. The molecule has 0 aliphatic carbocycles. The summed E-state index contributed by atoms with van der Waals surface area (Å²) >= 11 is 5.83. The smallest absolute Gasteiger partial charge is 0.243 e. The molecule has 2 atom stereocenters. The molecule has 0 spiro atoms.